The second kappa shape index (κ2) is 6.78. The topological polar surface area (TPSA) is 12.5 Å². The van der Waals surface area contributed by atoms with Crippen molar-refractivity contribution in [1.82, 2.24) is 4.90 Å². The molecule has 0 radical (unpaired) electrons. The Hall–Kier alpha value is -0.780. The van der Waals surface area contributed by atoms with Gasteiger partial charge in [0.15, 0.2) is 0 Å². The van der Waals surface area contributed by atoms with Gasteiger partial charge in [0.2, 0.25) is 0 Å². The molecule has 1 unspecified atom stereocenters. The molecule has 1 atom stereocenters. The second-order valence-corrected chi connectivity index (χ2v) is 5.23. The fourth-order valence-electron chi connectivity index (χ4n) is 2.47. The smallest absolute Gasteiger partial charge is 0.372 e. The Morgan fingerprint density at radius 1 is 1.30 bits per heavy atom. The number of hydrogen-bond acceptors (Lipinski definition) is 2. The van der Waals surface area contributed by atoms with Crippen molar-refractivity contribution in [3.05, 3.63) is 35.4 Å². The van der Waals surface area contributed by atoms with E-state index in [1.165, 1.54) is 4.90 Å². The molecule has 20 heavy (non-hydrogen) atoms. The minimum Gasteiger partial charge on any atom is -0.372 e. The third kappa shape index (κ3) is 4.36. The summed E-state index contributed by atoms with van der Waals surface area (Å²) in [6.45, 7) is -0.00348. The first-order chi connectivity index (χ1) is 9.49. The van der Waals surface area contributed by atoms with Crippen molar-refractivity contribution in [3.8, 4) is 0 Å². The lowest BCUT2D eigenvalue weighted by Crippen LogP contribution is -2.39. The molecule has 1 heterocycles. The van der Waals surface area contributed by atoms with E-state index in [4.69, 9.17) is 16.3 Å². The van der Waals surface area contributed by atoms with Crippen molar-refractivity contribution in [2.45, 2.75) is 18.7 Å². The maximum atomic E-state index is 12.6. The second-order valence-electron chi connectivity index (χ2n) is 4.85. The number of benzene rings is 1. The zero-order valence-electron chi connectivity index (χ0n) is 11.0. The van der Waals surface area contributed by atoms with Gasteiger partial charge in [0.25, 0.3) is 0 Å². The molecule has 2 rings (SSSR count). The van der Waals surface area contributed by atoms with E-state index in [9.17, 15) is 13.2 Å². The Morgan fingerprint density at radius 2 is 2.05 bits per heavy atom. The van der Waals surface area contributed by atoms with Gasteiger partial charge in [0.05, 0.1) is 19.3 Å². The fourth-order valence-corrected chi connectivity index (χ4v) is 2.71. The molecule has 0 saturated carbocycles. The Labute approximate surface area is 121 Å². The van der Waals surface area contributed by atoms with E-state index in [1.54, 1.807) is 0 Å². The summed E-state index contributed by atoms with van der Waals surface area (Å²) in [5.41, 5.74) is 2.14. The van der Waals surface area contributed by atoms with Gasteiger partial charge in [-0.15, -0.1) is 11.6 Å². The van der Waals surface area contributed by atoms with Gasteiger partial charge < -0.3 is 4.74 Å². The van der Waals surface area contributed by atoms with Gasteiger partial charge in [-0.3, -0.25) is 4.90 Å². The third-order valence-corrected chi connectivity index (χ3v) is 3.49. The maximum absolute atomic E-state index is 12.6. The number of fused-ring (bicyclic) bond motifs is 1. The minimum atomic E-state index is -4.22. The molecule has 2 nitrogen and oxygen atoms in total. The van der Waals surface area contributed by atoms with Crippen LogP contribution in [0.25, 0.3) is 0 Å². The number of hydrogen-bond donors (Lipinski definition) is 0. The summed E-state index contributed by atoms with van der Waals surface area (Å²) in [5, 5.41) is 0. The summed E-state index contributed by atoms with van der Waals surface area (Å²) in [6, 6.07) is 7.75. The molecule has 0 amide bonds. The predicted molar refractivity (Wildman–Crippen MR) is 72.1 cm³/mol. The highest BCUT2D eigenvalue weighted by Crippen LogP contribution is 2.28. The molecule has 6 heteroatoms. The van der Waals surface area contributed by atoms with E-state index in [-0.39, 0.29) is 25.1 Å². The van der Waals surface area contributed by atoms with Crippen LogP contribution in [0, 0.1) is 0 Å². The van der Waals surface area contributed by atoms with Crippen molar-refractivity contribution in [3.63, 3.8) is 0 Å². The monoisotopic (exact) mass is 307 g/mol. The van der Waals surface area contributed by atoms with E-state index >= 15 is 0 Å². The van der Waals surface area contributed by atoms with E-state index < -0.39 is 12.7 Å². The quantitative estimate of drug-likeness (QED) is 0.773. The molecular formula is C14H17ClF3NO. The standard InChI is InChI=1S/C14H17ClF3NO/c15-6-7-19(10-14(16,17)18)9-13-12-4-2-1-3-11(12)5-8-20-13/h1-4,13H,5-10H2. The van der Waals surface area contributed by atoms with E-state index in [2.05, 4.69) is 0 Å². The molecule has 0 N–H and O–H groups in total. The first-order valence-electron chi connectivity index (χ1n) is 6.54. The van der Waals surface area contributed by atoms with Crippen molar-refractivity contribution >= 4 is 11.6 Å². The van der Waals surface area contributed by atoms with Crippen molar-refractivity contribution in [1.29, 1.82) is 0 Å². The SMILES string of the molecule is FC(F)(F)CN(CCCl)CC1OCCc2ccccc21. The Bertz CT molecular complexity index is 439. The van der Waals surface area contributed by atoms with Gasteiger partial charge >= 0.3 is 6.18 Å². The molecule has 0 aliphatic carbocycles. The van der Waals surface area contributed by atoms with Gasteiger partial charge in [-0.2, -0.15) is 13.2 Å². The summed E-state index contributed by atoms with van der Waals surface area (Å²) in [4.78, 5) is 1.31. The van der Waals surface area contributed by atoms with Crippen molar-refractivity contribution in [2.75, 3.05) is 32.1 Å². The molecule has 112 valence electrons. The maximum Gasteiger partial charge on any atom is 0.401 e. The zero-order chi connectivity index (χ0) is 14.6. The number of nitrogens with zero attached hydrogens (tertiary/aromatic N) is 1. The van der Waals surface area contributed by atoms with Crippen molar-refractivity contribution < 1.29 is 17.9 Å². The Morgan fingerprint density at radius 3 is 2.75 bits per heavy atom. The number of halogens is 4. The number of ether oxygens (including phenoxy) is 1. The highest BCUT2D eigenvalue weighted by Gasteiger charge is 2.32. The van der Waals surface area contributed by atoms with Crippen LogP contribution in [0.2, 0.25) is 0 Å². The average molecular weight is 308 g/mol. The molecule has 0 bridgehead atoms. The van der Waals surface area contributed by atoms with Crippen LogP contribution in [-0.2, 0) is 11.2 Å². The summed E-state index contributed by atoms with van der Waals surface area (Å²) in [7, 11) is 0. The summed E-state index contributed by atoms with van der Waals surface area (Å²) in [5.74, 6) is 0.171. The van der Waals surface area contributed by atoms with Crippen LogP contribution in [0.15, 0.2) is 24.3 Å². The molecule has 0 aromatic heterocycles. The largest absolute Gasteiger partial charge is 0.401 e. The zero-order valence-corrected chi connectivity index (χ0v) is 11.8. The summed E-state index contributed by atoms with van der Waals surface area (Å²) >= 11 is 5.59. The Kier molecular flexibility index (Phi) is 5.29. The van der Waals surface area contributed by atoms with Crippen LogP contribution in [0.1, 0.15) is 17.2 Å². The highest BCUT2D eigenvalue weighted by atomic mass is 35.5. The minimum absolute atomic E-state index is 0.171. The van der Waals surface area contributed by atoms with Gasteiger partial charge in [-0.05, 0) is 17.5 Å². The van der Waals surface area contributed by atoms with Gasteiger partial charge in [0.1, 0.15) is 0 Å². The van der Waals surface area contributed by atoms with Gasteiger partial charge in [0, 0.05) is 19.0 Å². The van der Waals surface area contributed by atoms with Crippen molar-refractivity contribution in [2.24, 2.45) is 0 Å². The molecule has 0 fully saturated rings. The van der Waals surface area contributed by atoms with Gasteiger partial charge in [-0.1, -0.05) is 24.3 Å². The van der Waals surface area contributed by atoms with Crippen LogP contribution in [-0.4, -0.2) is 43.2 Å². The normalized spacial score (nSPS) is 19.1. The first kappa shape index (κ1) is 15.6. The van der Waals surface area contributed by atoms with Crippen LogP contribution in [0.5, 0.6) is 0 Å². The molecule has 1 aromatic carbocycles. The third-order valence-electron chi connectivity index (χ3n) is 3.32. The number of alkyl halides is 4. The average Bonchev–Trinajstić information content (AvgIpc) is 2.37. The summed E-state index contributed by atoms with van der Waals surface area (Å²) in [6.07, 6.45) is -3.73. The van der Waals surface area contributed by atoms with Gasteiger partial charge in [-0.25, -0.2) is 0 Å². The molecular weight excluding hydrogens is 291 g/mol. The predicted octanol–water partition coefficient (Wildman–Crippen LogP) is 3.40. The van der Waals surface area contributed by atoms with E-state index in [0.29, 0.717) is 6.61 Å². The lowest BCUT2D eigenvalue weighted by atomic mass is 9.97. The molecule has 1 aromatic rings. The molecule has 1 aliphatic rings. The number of rotatable bonds is 5. The fraction of sp³-hybridized carbons (Fsp3) is 0.571. The molecule has 0 saturated heterocycles. The molecule has 1 aliphatic heterocycles. The van der Waals surface area contributed by atoms with Crippen LogP contribution in [0.4, 0.5) is 13.2 Å². The first-order valence-corrected chi connectivity index (χ1v) is 7.07. The highest BCUT2D eigenvalue weighted by molar-refractivity contribution is 6.18. The van der Waals surface area contributed by atoms with E-state index in [1.807, 2.05) is 24.3 Å². The van der Waals surface area contributed by atoms with E-state index in [0.717, 1.165) is 17.5 Å². The summed E-state index contributed by atoms with van der Waals surface area (Å²) < 4.78 is 43.3. The van der Waals surface area contributed by atoms with Crippen LogP contribution >= 0.6 is 11.6 Å². The molecule has 0 spiro atoms. The lowest BCUT2D eigenvalue weighted by molar-refractivity contribution is -0.149. The van der Waals surface area contributed by atoms with Crippen LogP contribution in [0.3, 0.4) is 0 Å². The van der Waals surface area contributed by atoms with Crippen LogP contribution < -0.4 is 0 Å². The lowest BCUT2D eigenvalue weighted by Gasteiger charge is -2.31. The Balaban J connectivity index is 2.07.